The summed E-state index contributed by atoms with van der Waals surface area (Å²) in [4.78, 5) is 0. The van der Waals surface area contributed by atoms with Crippen molar-refractivity contribution in [2.24, 2.45) is 11.3 Å². The lowest BCUT2D eigenvalue weighted by atomic mass is 9.56. The van der Waals surface area contributed by atoms with Gasteiger partial charge in [-0.2, -0.15) is 0 Å². The van der Waals surface area contributed by atoms with Crippen LogP contribution in [0.4, 0.5) is 0 Å². The van der Waals surface area contributed by atoms with Gasteiger partial charge in [0.2, 0.25) is 0 Å². The zero-order valence-electron chi connectivity index (χ0n) is 12.2. The quantitative estimate of drug-likeness (QED) is 0.631. The normalized spacial score (nSPS) is 42.2. The molecule has 0 saturated heterocycles. The zero-order chi connectivity index (χ0) is 12.7. The Kier molecular flexibility index (Phi) is 3.42. The molecule has 1 heteroatoms. The second-order valence-electron chi connectivity index (χ2n) is 6.96. The van der Waals surface area contributed by atoms with E-state index < -0.39 is 0 Å². The standard InChI is InChI=1S/C16H28O/c1-12(2)17-16-10-13(3)6-8-15(16,5)9-7-14(4)11-16/h10,12,14H,6-9,11H2,1-5H3/t14?,15-,16-/m1/s1. The van der Waals surface area contributed by atoms with Crippen LogP contribution in [0.15, 0.2) is 11.6 Å². The molecule has 0 N–H and O–H groups in total. The van der Waals surface area contributed by atoms with Crippen LogP contribution in [0.3, 0.4) is 0 Å². The minimum atomic E-state index is 0.0150. The Balaban J connectivity index is 2.37. The van der Waals surface area contributed by atoms with Gasteiger partial charge in [-0.3, -0.25) is 0 Å². The van der Waals surface area contributed by atoms with Crippen LogP contribution in [0, 0.1) is 11.3 Å². The first-order chi connectivity index (χ1) is 7.87. The van der Waals surface area contributed by atoms with Crippen molar-refractivity contribution in [3.8, 4) is 0 Å². The first-order valence-electron chi connectivity index (χ1n) is 7.23. The fourth-order valence-electron chi connectivity index (χ4n) is 3.80. The molecule has 17 heavy (non-hydrogen) atoms. The predicted molar refractivity (Wildman–Crippen MR) is 73.1 cm³/mol. The molecule has 0 aromatic heterocycles. The van der Waals surface area contributed by atoms with Gasteiger partial charge >= 0.3 is 0 Å². The third kappa shape index (κ3) is 2.31. The molecule has 0 bridgehead atoms. The molecule has 2 rings (SSSR count). The highest BCUT2D eigenvalue weighted by Gasteiger charge is 2.52. The summed E-state index contributed by atoms with van der Waals surface area (Å²) >= 11 is 0. The van der Waals surface area contributed by atoms with Crippen molar-refractivity contribution in [1.29, 1.82) is 0 Å². The van der Waals surface area contributed by atoms with E-state index in [0.29, 0.717) is 11.5 Å². The Bertz CT molecular complexity index is 313. The van der Waals surface area contributed by atoms with Crippen LogP contribution in [0.25, 0.3) is 0 Å². The molecule has 0 aliphatic heterocycles. The second-order valence-corrected chi connectivity index (χ2v) is 6.96. The lowest BCUT2D eigenvalue weighted by Gasteiger charge is -2.55. The van der Waals surface area contributed by atoms with Crippen LogP contribution in [-0.2, 0) is 4.74 Å². The molecule has 98 valence electrons. The SMILES string of the molecule is CC1=C[C@@]2(OC(C)C)CC(C)CC[C@@]2(C)CC1. The molecule has 0 aromatic rings. The summed E-state index contributed by atoms with van der Waals surface area (Å²) in [5.74, 6) is 0.795. The number of hydrogen-bond acceptors (Lipinski definition) is 1. The zero-order valence-corrected chi connectivity index (χ0v) is 12.2. The molecule has 0 aromatic carbocycles. The monoisotopic (exact) mass is 236 g/mol. The van der Waals surface area contributed by atoms with Crippen LogP contribution < -0.4 is 0 Å². The van der Waals surface area contributed by atoms with Crippen molar-refractivity contribution in [2.45, 2.75) is 78.4 Å². The van der Waals surface area contributed by atoms with Crippen LogP contribution in [-0.4, -0.2) is 11.7 Å². The third-order valence-electron chi connectivity index (χ3n) is 4.86. The van der Waals surface area contributed by atoms with Gasteiger partial charge in [-0.15, -0.1) is 0 Å². The third-order valence-corrected chi connectivity index (χ3v) is 4.86. The topological polar surface area (TPSA) is 9.23 Å². The van der Waals surface area contributed by atoms with Crippen molar-refractivity contribution in [1.82, 2.24) is 0 Å². The maximum absolute atomic E-state index is 6.45. The maximum Gasteiger partial charge on any atom is 0.0924 e. The molecule has 0 spiro atoms. The molecule has 1 nitrogen and oxygen atoms in total. The van der Waals surface area contributed by atoms with E-state index >= 15 is 0 Å². The van der Waals surface area contributed by atoms with Gasteiger partial charge in [0, 0.05) is 5.41 Å². The minimum Gasteiger partial charge on any atom is -0.368 e. The Hall–Kier alpha value is -0.300. The highest BCUT2D eigenvalue weighted by Crippen LogP contribution is 2.55. The van der Waals surface area contributed by atoms with E-state index in [1.54, 1.807) is 0 Å². The summed E-state index contributed by atoms with van der Waals surface area (Å²) in [6, 6.07) is 0. The van der Waals surface area contributed by atoms with E-state index in [4.69, 9.17) is 4.74 Å². The van der Waals surface area contributed by atoms with Crippen molar-refractivity contribution >= 4 is 0 Å². The fraction of sp³-hybridized carbons (Fsp3) is 0.875. The second kappa shape index (κ2) is 4.42. The van der Waals surface area contributed by atoms with Gasteiger partial charge < -0.3 is 4.74 Å². The van der Waals surface area contributed by atoms with Gasteiger partial charge in [-0.05, 0) is 58.8 Å². The Morgan fingerprint density at radius 2 is 2.06 bits per heavy atom. The average molecular weight is 236 g/mol. The fourth-order valence-corrected chi connectivity index (χ4v) is 3.80. The molecular formula is C16H28O. The molecular weight excluding hydrogens is 208 g/mol. The lowest BCUT2D eigenvalue weighted by Crippen LogP contribution is -2.54. The summed E-state index contributed by atoms with van der Waals surface area (Å²) in [5, 5.41) is 0. The first kappa shape index (κ1) is 13.1. The first-order valence-corrected chi connectivity index (χ1v) is 7.23. The van der Waals surface area contributed by atoms with Gasteiger partial charge in [0.25, 0.3) is 0 Å². The molecule has 3 atom stereocenters. The smallest absolute Gasteiger partial charge is 0.0924 e. The summed E-state index contributed by atoms with van der Waals surface area (Å²) < 4.78 is 6.45. The predicted octanol–water partition coefficient (Wildman–Crippen LogP) is 4.72. The van der Waals surface area contributed by atoms with Crippen molar-refractivity contribution in [3.05, 3.63) is 11.6 Å². The van der Waals surface area contributed by atoms with E-state index in [1.165, 1.54) is 37.7 Å². The maximum atomic E-state index is 6.45. The van der Waals surface area contributed by atoms with Crippen molar-refractivity contribution < 1.29 is 4.74 Å². The van der Waals surface area contributed by atoms with Gasteiger partial charge in [-0.25, -0.2) is 0 Å². The number of hydrogen-bond donors (Lipinski definition) is 0. The molecule has 0 radical (unpaired) electrons. The summed E-state index contributed by atoms with van der Waals surface area (Å²) in [6.45, 7) is 11.4. The Morgan fingerprint density at radius 3 is 2.71 bits per heavy atom. The largest absolute Gasteiger partial charge is 0.368 e. The van der Waals surface area contributed by atoms with Crippen molar-refractivity contribution in [3.63, 3.8) is 0 Å². The molecule has 1 fully saturated rings. The van der Waals surface area contributed by atoms with Crippen molar-refractivity contribution in [2.75, 3.05) is 0 Å². The lowest BCUT2D eigenvalue weighted by molar-refractivity contribution is -0.160. The van der Waals surface area contributed by atoms with Gasteiger partial charge in [0.1, 0.15) is 0 Å². The minimum absolute atomic E-state index is 0.0150. The van der Waals surface area contributed by atoms with Crippen LogP contribution >= 0.6 is 0 Å². The van der Waals surface area contributed by atoms with Crippen LogP contribution in [0.2, 0.25) is 0 Å². The number of ether oxygens (including phenoxy) is 1. The van der Waals surface area contributed by atoms with E-state index in [-0.39, 0.29) is 5.60 Å². The van der Waals surface area contributed by atoms with Crippen LogP contribution in [0.5, 0.6) is 0 Å². The highest BCUT2D eigenvalue weighted by molar-refractivity contribution is 5.22. The van der Waals surface area contributed by atoms with Gasteiger partial charge in [0.05, 0.1) is 11.7 Å². The molecule has 2 aliphatic rings. The van der Waals surface area contributed by atoms with Gasteiger partial charge in [-0.1, -0.05) is 25.5 Å². The number of fused-ring (bicyclic) bond motifs is 1. The molecule has 1 unspecified atom stereocenters. The van der Waals surface area contributed by atoms with Gasteiger partial charge in [0.15, 0.2) is 0 Å². The number of allylic oxidation sites excluding steroid dienone is 1. The highest BCUT2D eigenvalue weighted by atomic mass is 16.5. The molecule has 1 saturated carbocycles. The Labute approximate surface area is 107 Å². The molecule has 2 aliphatic carbocycles. The average Bonchev–Trinajstić information content (AvgIpc) is 2.19. The summed E-state index contributed by atoms with van der Waals surface area (Å²) in [7, 11) is 0. The van der Waals surface area contributed by atoms with E-state index in [9.17, 15) is 0 Å². The van der Waals surface area contributed by atoms with E-state index in [1.807, 2.05) is 0 Å². The molecule has 0 heterocycles. The molecule has 0 amide bonds. The van der Waals surface area contributed by atoms with E-state index in [2.05, 4.69) is 40.7 Å². The number of rotatable bonds is 2. The summed E-state index contributed by atoms with van der Waals surface area (Å²) in [5.41, 5.74) is 1.90. The Morgan fingerprint density at radius 1 is 1.35 bits per heavy atom. The summed E-state index contributed by atoms with van der Waals surface area (Å²) in [6.07, 6.45) is 9.24. The van der Waals surface area contributed by atoms with E-state index in [0.717, 1.165) is 5.92 Å². The van der Waals surface area contributed by atoms with Crippen LogP contribution in [0.1, 0.15) is 66.7 Å².